The molecule has 1 amide bonds. The second kappa shape index (κ2) is 7.12. The maximum atomic E-state index is 13.2. The van der Waals surface area contributed by atoms with Crippen molar-refractivity contribution in [2.45, 2.75) is 64.6 Å². The van der Waals surface area contributed by atoms with Gasteiger partial charge in [-0.05, 0) is 31.6 Å². The van der Waals surface area contributed by atoms with Crippen molar-refractivity contribution in [1.82, 2.24) is 20.8 Å². The van der Waals surface area contributed by atoms with Gasteiger partial charge in [-0.3, -0.25) is 4.79 Å². The quantitative estimate of drug-likeness (QED) is 0.779. The highest BCUT2D eigenvalue weighted by Gasteiger charge is 2.55. The van der Waals surface area contributed by atoms with E-state index in [9.17, 15) is 4.79 Å². The molecule has 0 saturated carbocycles. The highest BCUT2D eigenvalue weighted by molar-refractivity contribution is 7.07. The Labute approximate surface area is 157 Å². The summed E-state index contributed by atoms with van der Waals surface area (Å²) in [4.78, 5) is 17.6. The second-order valence-corrected chi connectivity index (χ2v) is 8.79. The van der Waals surface area contributed by atoms with Crippen molar-refractivity contribution >= 4 is 17.2 Å². The van der Waals surface area contributed by atoms with E-state index in [2.05, 4.69) is 40.0 Å². The number of amides is 1. The minimum absolute atomic E-state index is 0.104. The molecule has 0 radical (unpaired) electrons. The van der Waals surface area contributed by atoms with Crippen molar-refractivity contribution in [3.63, 3.8) is 0 Å². The summed E-state index contributed by atoms with van der Waals surface area (Å²) in [6.07, 6.45) is 4.70. The Morgan fingerprint density at radius 1 is 1.46 bits per heavy atom. The number of fused-ring (bicyclic) bond motifs is 2. The summed E-state index contributed by atoms with van der Waals surface area (Å²) in [5.74, 6) is 1.35. The normalized spacial score (nSPS) is 27.3. The molecule has 26 heavy (non-hydrogen) atoms. The van der Waals surface area contributed by atoms with Gasteiger partial charge in [0.15, 0.2) is 5.76 Å². The molecular formula is C19H26N4O2S. The lowest BCUT2D eigenvalue weighted by molar-refractivity contribution is -0.132. The van der Waals surface area contributed by atoms with Crippen molar-refractivity contribution in [2.75, 3.05) is 0 Å². The molecule has 3 atom stereocenters. The van der Waals surface area contributed by atoms with Crippen LogP contribution in [0.2, 0.25) is 0 Å². The first-order valence-electron chi connectivity index (χ1n) is 9.41. The fourth-order valence-electron chi connectivity index (χ4n) is 4.47. The van der Waals surface area contributed by atoms with Crippen molar-refractivity contribution in [1.29, 1.82) is 0 Å². The van der Waals surface area contributed by atoms with Crippen LogP contribution in [0.5, 0.6) is 0 Å². The fraction of sp³-hybridized carbons (Fsp3) is 0.632. The third-order valence-electron chi connectivity index (χ3n) is 5.60. The molecule has 4 rings (SSSR count). The van der Waals surface area contributed by atoms with Gasteiger partial charge in [-0.15, -0.1) is 11.3 Å². The molecule has 2 aromatic heterocycles. The van der Waals surface area contributed by atoms with E-state index in [1.54, 1.807) is 11.3 Å². The summed E-state index contributed by atoms with van der Waals surface area (Å²) in [5.41, 5.74) is 3.39. The third-order valence-corrected chi connectivity index (χ3v) is 6.23. The van der Waals surface area contributed by atoms with E-state index in [0.717, 1.165) is 37.1 Å². The summed E-state index contributed by atoms with van der Waals surface area (Å²) in [6.45, 7) is 4.70. The first-order chi connectivity index (χ1) is 12.5. The smallest absolute Gasteiger partial charge is 0.228 e. The van der Waals surface area contributed by atoms with Gasteiger partial charge in [0.2, 0.25) is 5.91 Å². The first kappa shape index (κ1) is 17.7. The largest absolute Gasteiger partial charge is 0.359 e. The van der Waals surface area contributed by atoms with E-state index in [-0.39, 0.29) is 11.9 Å². The third kappa shape index (κ3) is 3.42. The molecule has 7 heteroatoms. The summed E-state index contributed by atoms with van der Waals surface area (Å²) >= 11 is 1.58. The van der Waals surface area contributed by atoms with Crippen molar-refractivity contribution < 1.29 is 9.32 Å². The molecule has 0 aromatic carbocycles. The summed E-state index contributed by atoms with van der Waals surface area (Å²) in [6, 6.07) is 2.64. The molecular weight excluding hydrogens is 348 g/mol. The van der Waals surface area contributed by atoms with Gasteiger partial charge in [0.1, 0.15) is 0 Å². The lowest BCUT2D eigenvalue weighted by Crippen LogP contribution is -2.49. The first-order valence-corrected chi connectivity index (χ1v) is 10.4. The lowest BCUT2D eigenvalue weighted by Gasteiger charge is -2.34. The van der Waals surface area contributed by atoms with E-state index in [1.165, 1.54) is 0 Å². The lowest BCUT2D eigenvalue weighted by atomic mass is 9.70. The molecule has 2 fully saturated rings. The van der Waals surface area contributed by atoms with Crippen LogP contribution < -0.4 is 10.6 Å². The Kier molecular flexibility index (Phi) is 4.84. The number of hydrogen-bond acceptors (Lipinski definition) is 6. The molecule has 4 heterocycles. The zero-order chi connectivity index (χ0) is 18.1. The van der Waals surface area contributed by atoms with Crippen molar-refractivity contribution in [2.24, 2.45) is 11.3 Å². The predicted molar refractivity (Wildman–Crippen MR) is 99.7 cm³/mol. The molecule has 0 spiro atoms. The van der Waals surface area contributed by atoms with Gasteiger partial charge in [0, 0.05) is 30.0 Å². The van der Waals surface area contributed by atoms with Crippen LogP contribution in [-0.2, 0) is 24.2 Å². The number of carbonyl (C=O) groups excluding carboxylic acids is 1. The van der Waals surface area contributed by atoms with Gasteiger partial charge in [0.05, 0.1) is 28.9 Å². The van der Waals surface area contributed by atoms with Crippen LogP contribution in [-0.4, -0.2) is 28.1 Å². The van der Waals surface area contributed by atoms with Crippen LogP contribution in [0.1, 0.15) is 50.3 Å². The Morgan fingerprint density at radius 2 is 2.35 bits per heavy atom. The van der Waals surface area contributed by atoms with E-state index < -0.39 is 5.41 Å². The highest BCUT2D eigenvalue weighted by atomic mass is 32.1. The van der Waals surface area contributed by atoms with E-state index in [0.29, 0.717) is 30.7 Å². The summed E-state index contributed by atoms with van der Waals surface area (Å²) < 4.78 is 5.39. The number of rotatable bonds is 7. The topological polar surface area (TPSA) is 80.0 Å². The van der Waals surface area contributed by atoms with Gasteiger partial charge in [0.25, 0.3) is 0 Å². The molecule has 2 aliphatic rings. The Hall–Kier alpha value is -1.73. The van der Waals surface area contributed by atoms with Crippen LogP contribution in [0, 0.1) is 11.3 Å². The number of aromatic nitrogens is 2. The second-order valence-electron chi connectivity index (χ2n) is 8.08. The maximum Gasteiger partial charge on any atom is 0.228 e. The Balaban J connectivity index is 1.44. The molecule has 140 valence electrons. The zero-order valence-electron chi connectivity index (χ0n) is 15.3. The molecule has 2 bridgehead atoms. The van der Waals surface area contributed by atoms with Gasteiger partial charge < -0.3 is 15.2 Å². The van der Waals surface area contributed by atoms with Crippen LogP contribution in [0.15, 0.2) is 21.5 Å². The van der Waals surface area contributed by atoms with E-state index >= 15 is 0 Å². The minimum Gasteiger partial charge on any atom is -0.359 e. The van der Waals surface area contributed by atoms with Crippen molar-refractivity contribution in [3.8, 4) is 0 Å². The molecule has 0 aliphatic carbocycles. The number of thiazole rings is 1. The van der Waals surface area contributed by atoms with Gasteiger partial charge in [-0.25, -0.2) is 4.98 Å². The average Bonchev–Trinajstić information content (AvgIpc) is 3.37. The van der Waals surface area contributed by atoms with E-state index in [1.807, 2.05) is 11.6 Å². The van der Waals surface area contributed by atoms with Crippen molar-refractivity contribution in [3.05, 3.63) is 34.1 Å². The number of nitrogens with one attached hydrogen (secondary N) is 2. The monoisotopic (exact) mass is 374 g/mol. The van der Waals surface area contributed by atoms with Crippen LogP contribution >= 0.6 is 11.3 Å². The maximum absolute atomic E-state index is 13.2. The van der Waals surface area contributed by atoms with Crippen LogP contribution in [0.25, 0.3) is 0 Å². The summed E-state index contributed by atoms with van der Waals surface area (Å²) in [7, 11) is 0. The SMILES string of the molecule is CC(C)Cc1cc(CNC(=O)[C@]2(Cc3cscn3)C[C@@H]3CC[C@H]2N3)on1. The average molecular weight is 375 g/mol. The standard InChI is InChI=1S/C19H26N4O2S/c1-12(2)5-14-6-16(25-23-14)9-20-18(24)19(8-15-10-26-11-21-15)7-13-3-4-17(19)22-13/h6,10-13,17,22H,3-5,7-9H2,1-2H3,(H,20,24)/t13-,17+,19-/m0/s1. The molecule has 0 unspecified atom stereocenters. The number of hydrogen-bond donors (Lipinski definition) is 2. The van der Waals surface area contributed by atoms with E-state index in [4.69, 9.17) is 4.52 Å². The van der Waals surface area contributed by atoms with Gasteiger partial charge in [-0.2, -0.15) is 0 Å². The van der Waals surface area contributed by atoms with Gasteiger partial charge >= 0.3 is 0 Å². The molecule has 2 N–H and O–H groups in total. The molecule has 6 nitrogen and oxygen atoms in total. The number of carbonyl (C=O) groups is 1. The zero-order valence-corrected chi connectivity index (χ0v) is 16.1. The minimum atomic E-state index is -0.405. The van der Waals surface area contributed by atoms with Crippen LogP contribution in [0.3, 0.4) is 0 Å². The fourth-order valence-corrected chi connectivity index (χ4v) is 5.03. The van der Waals surface area contributed by atoms with Gasteiger partial charge in [-0.1, -0.05) is 19.0 Å². The predicted octanol–water partition coefficient (Wildman–Crippen LogP) is 2.70. The van der Waals surface area contributed by atoms with Crippen LogP contribution in [0.4, 0.5) is 0 Å². The Morgan fingerprint density at radius 3 is 3.00 bits per heavy atom. The molecule has 2 aromatic rings. The Bertz CT molecular complexity index is 757. The number of nitrogens with zero attached hydrogens (tertiary/aromatic N) is 2. The molecule has 2 aliphatic heterocycles. The highest BCUT2D eigenvalue weighted by Crippen LogP contribution is 2.45. The molecule has 2 saturated heterocycles. The summed E-state index contributed by atoms with van der Waals surface area (Å²) in [5, 5.41) is 12.9.